The van der Waals surface area contributed by atoms with Gasteiger partial charge >= 0.3 is 0 Å². The van der Waals surface area contributed by atoms with Crippen LogP contribution in [0.1, 0.15) is 82.2 Å². The fraction of sp³-hybridized carbons (Fsp3) is 0.517. The molecule has 1 aromatic heterocycles. The molecule has 3 rings (SSSR count). The third-order valence-electron chi connectivity index (χ3n) is 7.38. The lowest BCUT2D eigenvalue weighted by Crippen LogP contribution is -2.35. The van der Waals surface area contributed by atoms with Gasteiger partial charge in [0, 0.05) is 25.4 Å². The number of aromatic nitrogens is 2. The maximum Gasteiger partial charge on any atom is 0.271 e. The van der Waals surface area contributed by atoms with Crippen molar-refractivity contribution in [1.29, 1.82) is 5.41 Å². The molecule has 7 heteroatoms. The van der Waals surface area contributed by atoms with Gasteiger partial charge in [-0.3, -0.25) is 9.59 Å². The Labute approximate surface area is 213 Å². The highest BCUT2D eigenvalue weighted by molar-refractivity contribution is 6.10. The monoisotopic (exact) mass is 494 g/mol. The number of carbonyl (C=O) groups excluding carboxylic acids is 2. The minimum Gasteiger partial charge on any atom is -0.337 e. The van der Waals surface area contributed by atoms with Gasteiger partial charge in [-0.05, 0) is 72.1 Å². The van der Waals surface area contributed by atoms with Crippen LogP contribution in [0.25, 0.3) is 5.57 Å². The smallest absolute Gasteiger partial charge is 0.271 e. The minimum atomic E-state index is -0.345. The van der Waals surface area contributed by atoms with Gasteiger partial charge in [0.2, 0.25) is 0 Å². The topological polar surface area (TPSA) is 89.9 Å². The molecule has 1 amide bonds. The molecule has 0 radical (unpaired) electrons. The lowest BCUT2D eigenvalue weighted by Gasteiger charge is -2.25. The number of hydrogen-bond donors (Lipinski definition) is 2. The van der Waals surface area contributed by atoms with Crippen molar-refractivity contribution in [2.24, 2.45) is 23.7 Å². The highest BCUT2D eigenvalue weighted by atomic mass is 19.1. The van der Waals surface area contributed by atoms with Crippen molar-refractivity contribution in [1.82, 2.24) is 14.9 Å². The molecule has 194 valence electrons. The molecule has 1 aliphatic rings. The molecule has 1 saturated heterocycles. The standard InChI is InChI=1S/C29H39FN4O2/c1-6-7-8-27(35)23-13-14-34(17-19(4)20(23)5)29(36)26-16-32-28(33-26)24(18(2)3)15-25(31)21-9-11-22(30)12-10-21/h9-12,15-16,18-20,23,31H,6-8,13-14,17H2,1-5H3,(H,32,33)/b24-15-,31-25?. The number of aromatic amines is 1. The molecule has 1 fully saturated rings. The van der Waals surface area contributed by atoms with Gasteiger partial charge in [0.05, 0.1) is 11.9 Å². The largest absolute Gasteiger partial charge is 0.337 e. The Hall–Kier alpha value is -3.09. The summed E-state index contributed by atoms with van der Waals surface area (Å²) in [5, 5.41) is 8.44. The van der Waals surface area contributed by atoms with E-state index in [4.69, 9.17) is 5.41 Å². The molecule has 1 aliphatic heterocycles. The van der Waals surface area contributed by atoms with E-state index in [1.165, 1.54) is 12.1 Å². The summed E-state index contributed by atoms with van der Waals surface area (Å²) < 4.78 is 13.3. The first-order valence-corrected chi connectivity index (χ1v) is 13.1. The van der Waals surface area contributed by atoms with Crippen LogP contribution in [0, 0.1) is 34.9 Å². The van der Waals surface area contributed by atoms with Gasteiger partial charge in [-0.2, -0.15) is 0 Å². The second-order valence-corrected chi connectivity index (χ2v) is 10.4. The van der Waals surface area contributed by atoms with Gasteiger partial charge in [0.25, 0.3) is 5.91 Å². The van der Waals surface area contributed by atoms with Crippen LogP contribution in [0.15, 0.2) is 36.5 Å². The number of H-pyrrole nitrogens is 1. The predicted octanol–water partition coefficient (Wildman–Crippen LogP) is 6.15. The van der Waals surface area contributed by atoms with Crippen molar-refractivity contribution in [2.75, 3.05) is 13.1 Å². The van der Waals surface area contributed by atoms with Crippen molar-refractivity contribution < 1.29 is 14.0 Å². The molecule has 0 bridgehead atoms. The van der Waals surface area contributed by atoms with E-state index >= 15 is 0 Å². The number of benzene rings is 1. The fourth-order valence-electron chi connectivity index (χ4n) is 4.86. The van der Waals surface area contributed by atoms with Crippen LogP contribution in [0.5, 0.6) is 0 Å². The van der Waals surface area contributed by atoms with Gasteiger partial charge < -0.3 is 15.3 Å². The maximum atomic E-state index is 13.4. The Balaban J connectivity index is 1.77. The number of nitrogens with one attached hydrogen (secondary N) is 2. The van der Waals surface area contributed by atoms with Crippen molar-refractivity contribution >= 4 is 23.0 Å². The zero-order valence-corrected chi connectivity index (χ0v) is 22.1. The number of hydrogen-bond acceptors (Lipinski definition) is 4. The number of allylic oxidation sites excluding steroid dienone is 2. The number of halogens is 1. The number of Topliss-reactive ketones (excluding diaryl/α,β-unsaturated/α-hetero) is 1. The van der Waals surface area contributed by atoms with Crippen molar-refractivity contribution in [3.8, 4) is 0 Å². The van der Waals surface area contributed by atoms with Gasteiger partial charge in [0.15, 0.2) is 0 Å². The Morgan fingerprint density at radius 2 is 1.94 bits per heavy atom. The Bertz CT molecular complexity index is 1100. The quantitative estimate of drug-likeness (QED) is 0.410. The summed E-state index contributed by atoms with van der Waals surface area (Å²) in [6.45, 7) is 11.5. The Morgan fingerprint density at radius 1 is 1.25 bits per heavy atom. The summed E-state index contributed by atoms with van der Waals surface area (Å²) in [6, 6.07) is 5.82. The average Bonchev–Trinajstić information content (AvgIpc) is 3.28. The molecule has 2 aromatic rings. The zero-order chi connectivity index (χ0) is 26.4. The third-order valence-corrected chi connectivity index (χ3v) is 7.38. The number of rotatable bonds is 9. The van der Waals surface area contributed by atoms with Crippen LogP contribution in [0.4, 0.5) is 4.39 Å². The van der Waals surface area contributed by atoms with Gasteiger partial charge in [-0.1, -0.05) is 41.0 Å². The van der Waals surface area contributed by atoms with Crippen LogP contribution in [0.3, 0.4) is 0 Å². The van der Waals surface area contributed by atoms with E-state index in [0.717, 1.165) is 18.4 Å². The second-order valence-electron chi connectivity index (χ2n) is 10.4. The summed E-state index contributed by atoms with van der Waals surface area (Å²) in [5.74, 6) is 0.903. The molecule has 2 N–H and O–H groups in total. The van der Waals surface area contributed by atoms with Crippen LogP contribution in [0.2, 0.25) is 0 Å². The summed E-state index contributed by atoms with van der Waals surface area (Å²) in [5.41, 5.74) is 2.05. The highest BCUT2D eigenvalue weighted by Gasteiger charge is 2.34. The van der Waals surface area contributed by atoms with Crippen LogP contribution >= 0.6 is 0 Å². The first-order chi connectivity index (χ1) is 17.1. The van der Waals surface area contributed by atoms with E-state index in [9.17, 15) is 14.0 Å². The first kappa shape index (κ1) is 27.5. The number of amides is 1. The fourth-order valence-corrected chi connectivity index (χ4v) is 4.86. The SMILES string of the molecule is CCCCC(=O)C1CCN(C(=O)c2cnc(/C(=C\C(=N)c3ccc(F)cc3)C(C)C)[nH]2)CC(C)C1C. The molecular weight excluding hydrogens is 455 g/mol. The maximum absolute atomic E-state index is 13.4. The van der Waals surface area contributed by atoms with E-state index in [-0.39, 0.29) is 41.1 Å². The number of likely N-dealkylation sites (tertiary alicyclic amines) is 1. The molecule has 3 atom stereocenters. The average molecular weight is 495 g/mol. The molecule has 3 unspecified atom stereocenters. The van der Waals surface area contributed by atoms with Gasteiger partial charge in [0.1, 0.15) is 23.1 Å². The van der Waals surface area contributed by atoms with E-state index < -0.39 is 0 Å². The number of carbonyl (C=O) groups is 2. The third kappa shape index (κ3) is 6.56. The molecule has 1 aromatic carbocycles. The Kier molecular flexibility index (Phi) is 9.35. The van der Waals surface area contributed by atoms with Crippen molar-refractivity contribution in [3.05, 3.63) is 59.4 Å². The molecular formula is C29H39FN4O2. The molecule has 36 heavy (non-hydrogen) atoms. The van der Waals surface area contributed by atoms with E-state index in [1.54, 1.807) is 24.4 Å². The molecule has 0 aliphatic carbocycles. The highest BCUT2D eigenvalue weighted by Crippen LogP contribution is 2.31. The predicted molar refractivity (Wildman–Crippen MR) is 142 cm³/mol. The summed E-state index contributed by atoms with van der Waals surface area (Å²) in [6.07, 6.45) is 6.50. The number of unbranched alkanes of at least 4 members (excludes halogenated alkanes) is 1. The van der Waals surface area contributed by atoms with Crippen LogP contribution in [-0.4, -0.2) is 45.4 Å². The normalized spacial score (nSPS) is 20.9. The molecule has 0 saturated carbocycles. The van der Waals surface area contributed by atoms with Crippen LogP contribution in [-0.2, 0) is 4.79 Å². The lowest BCUT2D eigenvalue weighted by molar-refractivity contribution is -0.125. The number of nitrogens with zero attached hydrogens (tertiary/aromatic N) is 2. The molecule has 0 spiro atoms. The van der Waals surface area contributed by atoms with E-state index in [0.29, 0.717) is 48.8 Å². The zero-order valence-electron chi connectivity index (χ0n) is 22.1. The molecule has 6 nitrogen and oxygen atoms in total. The molecule has 2 heterocycles. The lowest BCUT2D eigenvalue weighted by atomic mass is 9.79. The minimum absolute atomic E-state index is 0.00497. The van der Waals surface area contributed by atoms with E-state index in [2.05, 4.69) is 30.7 Å². The first-order valence-electron chi connectivity index (χ1n) is 13.1. The number of imidazole rings is 1. The van der Waals surface area contributed by atoms with Crippen molar-refractivity contribution in [2.45, 2.75) is 60.3 Å². The Morgan fingerprint density at radius 3 is 2.58 bits per heavy atom. The van der Waals surface area contributed by atoms with Gasteiger partial charge in [-0.15, -0.1) is 0 Å². The summed E-state index contributed by atoms with van der Waals surface area (Å²) in [7, 11) is 0. The summed E-state index contributed by atoms with van der Waals surface area (Å²) >= 11 is 0. The van der Waals surface area contributed by atoms with Crippen LogP contribution < -0.4 is 0 Å². The van der Waals surface area contributed by atoms with E-state index in [1.807, 2.05) is 18.7 Å². The van der Waals surface area contributed by atoms with Crippen molar-refractivity contribution in [3.63, 3.8) is 0 Å². The summed E-state index contributed by atoms with van der Waals surface area (Å²) in [4.78, 5) is 35.7. The number of ketones is 1. The second kappa shape index (κ2) is 12.2. The van der Waals surface area contributed by atoms with Gasteiger partial charge in [-0.25, -0.2) is 9.37 Å².